The van der Waals surface area contributed by atoms with Gasteiger partial charge in [0.2, 0.25) is 11.9 Å². The highest BCUT2D eigenvalue weighted by molar-refractivity contribution is 5.86. The van der Waals surface area contributed by atoms with Gasteiger partial charge in [-0.15, -0.1) is 0 Å². The molecule has 7 heteroatoms. The molecular formula is C17H15N7. The topological polar surface area (TPSA) is 105 Å². The molecule has 3 rings (SSSR count). The monoisotopic (exact) mass is 317 g/mol. The van der Waals surface area contributed by atoms with Crippen LogP contribution in [0.2, 0.25) is 0 Å². The molecule has 0 radical (unpaired) electrons. The lowest BCUT2D eigenvalue weighted by Crippen LogP contribution is -2.06. The van der Waals surface area contributed by atoms with E-state index in [2.05, 4.69) is 26.3 Å². The van der Waals surface area contributed by atoms with Crippen LogP contribution in [0.15, 0.2) is 48.7 Å². The number of hydrogen-bond acceptors (Lipinski definition) is 6. The van der Waals surface area contributed by atoms with Crippen molar-refractivity contribution in [3.63, 3.8) is 0 Å². The van der Waals surface area contributed by atoms with Crippen LogP contribution in [0.3, 0.4) is 0 Å². The number of hydrogen-bond donors (Lipinski definition) is 2. The molecule has 1 aromatic carbocycles. The number of anilines is 3. The third-order valence-corrected chi connectivity index (χ3v) is 3.32. The number of para-hydroxylation sites is 1. The summed E-state index contributed by atoms with van der Waals surface area (Å²) in [5.41, 5.74) is 7.75. The molecule has 2 aromatic heterocycles. The molecule has 118 valence electrons. The third-order valence-electron chi connectivity index (χ3n) is 3.32. The molecule has 0 aliphatic carbocycles. The van der Waals surface area contributed by atoms with Gasteiger partial charge in [-0.3, -0.25) is 0 Å². The minimum absolute atomic E-state index is 0.0477. The highest BCUT2D eigenvalue weighted by atomic mass is 15.2. The molecular weight excluding hydrogens is 302 g/mol. The first-order valence-electron chi connectivity index (χ1n) is 7.23. The summed E-state index contributed by atoms with van der Waals surface area (Å²) < 4.78 is 1.89. The second-order valence-electron chi connectivity index (χ2n) is 5.05. The summed E-state index contributed by atoms with van der Waals surface area (Å²) in [5, 5.41) is 12.5. The minimum Gasteiger partial charge on any atom is -0.368 e. The van der Waals surface area contributed by atoms with Crippen LogP contribution in [0.4, 0.5) is 17.6 Å². The lowest BCUT2D eigenvalue weighted by molar-refractivity contribution is 0.915. The van der Waals surface area contributed by atoms with E-state index in [1.807, 2.05) is 60.3 Å². The Morgan fingerprint density at radius 2 is 1.96 bits per heavy atom. The van der Waals surface area contributed by atoms with Crippen LogP contribution in [0, 0.1) is 11.3 Å². The molecule has 0 amide bonds. The van der Waals surface area contributed by atoms with Crippen LogP contribution in [0.1, 0.15) is 11.5 Å². The van der Waals surface area contributed by atoms with Crippen LogP contribution in [-0.4, -0.2) is 19.5 Å². The standard InChI is InChI=1S/C17H15N7/c1-24-9-5-8-14(24)10-12(11-18)15-21-16(19)23-17(22-15)20-13-6-3-2-4-7-13/h2-10H,1H3,(H3,19,20,21,22,23)/b12-10+. The number of nitrogens with two attached hydrogens (primary N) is 1. The van der Waals surface area contributed by atoms with Gasteiger partial charge >= 0.3 is 0 Å². The number of nitrogen functional groups attached to an aromatic ring is 1. The van der Waals surface area contributed by atoms with Gasteiger partial charge in [0.05, 0.1) is 5.57 Å². The van der Waals surface area contributed by atoms with Crippen molar-refractivity contribution in [3.8, 4) is 6.07 Å². The largest absolute Gasteiger partial charge is 0.368 e. The van der Waals surface area contributed by atoms with Crippen LogP contribution in [-0.2, 0) is 7.05 Å². The maximum absolute atomic E-state index is 9.45. The van der Waals surface area contributed by atoms with E-state index in [-0.39, 0.29) is 17.7 Å². The first-order valence-corrected chi connectivity index (χ1v) is 7.23. The highest BCUT2D eigenvalue weighted by Gasteiger charge is 2.10. The summed E-state index contributed by atoms with van der Waals surface area (Å²) in [6, 6.07) is 15.4. The summed E-state index contributed by atoms with van der Waals surface area (Å²) >= 11 is 0. The number of benzene rings is 1. The van der Waals surface area contributed by atoms with E-state index in [1.165, 1.54) is 0 Å². The molecule has 7 nitrogen and oxygen atoms in total. The maximum atomic E-state index is 9.45. The van der Waals surface area contributed by atoms with Crippen molar-refractivity contribution in [2.75, 3.05) is 11.1 Å². The smallest absolute Gasteiger partial charge is 0.232 e. The van der Waals surface area contributed by atoms with Crippen molar-refractivity contribution >= 4 is 29.2 Å². The zero-order chi connectivity index (χ0) is 16.9. The predicted octanol–water partition coefficient (Wildman–Crippen LogP) is 2.60. The maximum Gasteiger partial charge on any atom is 0.232 e. The summed E-state index contributed by atoms with van der Waals surface area (Å²) in [5.74, 6) is 0.563. The Labute approximate surface area is 139 Å². The van der Waals surface area contributed by atoms with E-state index >= 15 is 0 Å². The van der Waals surface area contributed by atoms with Crippen LogP contribution in [0.25, 0.3) is 11.6 Å². The number of nitriles is 1. The van der Waals surface area contributed by atoms with Gasteiger partial charge in [-0.25, -0.2) is 0 Å². The average Bonchev–Trinajstić information content (AvgIpc) is 2.98. The molecule has 0 saturated heterocycles. The Morgan fingerprint density at radius 1 is 1.17 bits per heavy atom. The predicted molar refractivity (Wildman–Crippen MR) is 92.9 cm³/mol. The lowest BCUT2D eigenvalue weighted by Gasteiger charge is -2.07. The van der Waals surface area contributed by atoms with E-state index < -0.39 is 0 Å². The van der Waals surface area contributed by atoms with E-state index in [0.717, 1.165) is 11.4 Å². The molecule has 24 heavy (non-hydrogen) atoms. The minimum atomic E-state index is 0.0477. The van der Waals surface area contributed by atoms with Crippen molar-refractivity contribution in [2.45, 2.75) is 0 Å². The van der Waals surface area contributed by atoms with Gasteiger partial charge in [-0.05, 0) is 30.3 Å². The van der Waals surface area contributed by atoms with Crippen molar-refractivity contribution in [2.24, 2.45) is 7.05 Å². The van der Waals surface area contributed by atoms with Crippen molar-refractivity contribution in [1.82, 2.24) is 19.5 Å². The Bertz CT molecular complexity index is 920. The molecule has 3 aromatic rings. The van der Waals surface area contributed by atoms with Crippen molar-refractivity contribution < 1.29 is 0 Å². The Hall–Kier alpha value is -3.66. The number of aryl methyl sites for hydroxylation is 1. The van der Waals surface area contributed by atoms with Crippen LogP contribution >= 0.6 is 0 Å². The molecule has 0 bridgehead atoms. The first kappa shape index (κ1) is 15.2. The number of nitrogens with zero attached hydrogens (tertiary/aromatic N) is 5. The number of aromatic nitrogens is 4. The molecule has 0 aliphatic rings. The second-order valence-corrected chi connectivity index (χ2v) is 5.05. The third kappa shape index (κ3) is 3.39. The normalized spacial score (nSPS) is 11.1. The molecule has 0 aliphatic heterocycles. The molecule has 0 spiro atoms. The number of nitrogens with one attached hydrogen (secondary N) is 1. The fourth-order valence-electron chi connectivity index (χ4n) is 2.14. The first-order chi connectivity index (χ1) is 11.7. The Kier molecular flexibility index (Phi) is 4.21. The van der Waals surface area contributed by atoms with E-state index in [1.54, 1.807) is 6.08 Å². The Morgan fingerprint density at radius 3 is 2.62 bits per heavy atom. The van der Waals surface area contributed by atoms with E-state index in [0.29, 0.717) is 5.57 Å². The second kappa shape index (κ2) is 6.62. The van der Waals surface area contributed by atoms with Gasteiger partial charge in [0, 0.05) is 24.6 Å². The lowest BCUT2D eigenvalue weighted by atomic mass is 10.2. The molecule has 3 N–H and O–H groups in total. The quantitative estimate of drug-likeness (QED) is 0.716. The molecule has 0 saturated carbocycles. The van der Waals surface area contributed by atoms with Gasteiger partial charge < -0.3 is 15.6 Å². The fraction of sp³-hybridized carbons (Fsp3) is 0.0588. The van der Waals surface area contributed by atoms with Gasteiger partial charge in [0.1, 0.15) is 6.07 Å². The molecule has 2 heterocycles. The Balaban J connectivity index is 1.97. The molecule has 0 fully saturated rings. The summed E-state index contributed by atoms with van der Waals surface area (Å²) in [4.78, 5) is 12.4. The van der Waals surface area contributed by atoms with E-state index in [4.69, 9.17) is 5.73 Å². The molecule has 0 atom stereocenters. The highest BCUT2D eigenvalue weighted by Crippen LogP contribution is 2.18. The summed E-state index contributed by atoms with van der Waals surface area (Å²) in [6.45, 7) is 0. The van der Waals surface area contributed by atoms with Crippen LogP contribution < -0.4 is 11.1 Å². The molecule has 0 unspecified atom stereocenters. The SMILES string of the molecule is Cn1cccc1/C=C(\C#N)c1nc(N)nc(Nc2ccccc2)n1. The summed E-state index contributed by atoms with van der Waals surface area (Å²) in [6.07, 6.45) is 3.60. The van der Waals surface area contributed by atoms with Crippen LogP contribution in [0.5, 0.6) is 0 Å². The van der Waals surface area contributed by atoms with Gasteiger partial charge in [-0.1, -0.05) is 18.2 Å². The summed E-state index contributed by atoms with van der Waals surface area (Å²) in [7, 11) is 1.89. The van der Waals surface area contributed by atoms with Gasteiger partial charge in [0.15, 0.2) is 5.82 Å². The van der Waals surface area contributed by atoms with Gasteiger partial charge in [0.25, 0.3) is 0 Å². The average molecular weight is 317 g/mol. The van der Waals surface area contributed by atoms with E-state index in [9.17, 15) is 5.26 Å². The number of allylic oxidation sites excluding steroid dienone is 1. The zero-order valence-corrected chi connectivity index (χ0v) is 13.0. The number of rotatable bonds is 4. The fourth-order valence-corrected chi connectivity index (χ4v) is 2.14. The van der Waals surface area contributed by atoms with Crippen molar-refractivity contribution in [1.29, 1.82) is 5.26 Å². The zero-order valence-electron chi connectivity index (χ0n) is 13.0. The van der Waals surface area contributed by atoms with Crippen molar-refractivity contribution in [3.05, 3.63) is 60.2 Å². The van der Waals surface area contributed by atoms with Gasteiger partial charge in [-0.2, -0.15) is 20.2 Å².